The predicted octanol–water partition coefficient (Wildman–Crippen LogP) is 5.88. The van der Waals surface area contributed by atoms with Crippen LogP contribution in [-0.2, 0) is 17.8 Å². The maximum absolute atomic E-state index is 15.4. The number of fused-ring (bicyclic) bond motifs is 1. The summed E-state index contributed by atoms with van der Waals surface area (Å²) in [6.45, 7) is 2.20. The number of imidazole rings is 1. The van der Waals surface area contributed by atoms with E-state index in [2.05, 4.69) is 4.98 Å². The third-order valence-electron chi connectivity index (χ3n) is 6.87. The number of alkyl halides is 1. The topological polar surface area (TPSA) is 56.6 Å². The highest BCUT2D eigenvalue weighted by atomic mass is 19.1. The van der Waals surface area contributed by atoms with Crippen LogP contribution in [0.4, 0.5) is 4.39 Å². The van der Waals surface area contributed by atoms with Crippen molar-refractivity contribution in [1.82, 2.24) is 14.5 Å². The van der Waals surface area contributed by atoms with Crippen LogP contribution in [-0.4, -0.2) is 40.7 Å². The molecule has 2 atom stereocenters. The molecule has 7 heteroatoms. The lowest BCUT2D eigenvalue weighted by Gasteiger charge is -2.30. The second-order valence-corrected chi connectivity index (χ2v) is 9.36. The monoisotopic (exact) mass is 511 g/mol. The van der Waals surface area contributed by atoms with Crippen molar-refractivity contribution in [2.75, 3.05) is 14.2 Å². The van der Waals surface area contributed by atoms with Crippen molar-refractivity contribution in [3.05, 3.63) is 113 Å². The fraction of sp³-hybridized carbons (Fsp3) is 0.226. The van der Waals surface area contributed by atoms with E-state index in [1.165, 1.54) is 6.08 Å². The molecule has 6 nitrogen and oxygen atoms in total. The van der Waals surface area contributed by atoms with Crippen LogP contribution < -0.4 is 9.47 Å². The molecule has 1 heterocycles. The summed E-state index contributed by atoms with van der Waals surface area (Å²) in [6.07, 6.45) is 6.01. The molecule has 194 valence electrons. The summed E-state index contributed by atoms with van der Waals surface area (Å²) in [6, 6.07) is 20.2. The molecule has 0 bridgehead atoms. The highest BCUT2D eigenvalue weighted by Crippen LogP contribution is 2.39. The van der Waals surface area contributed by atoms with Crippen molar-refractivity contribution in [1.29, 1.82) is 0 Å². The van der Waals surface area contributed by atoms with Gasteiger partial charge in [-0.2, -0.15) is 0 Å². The van der Waals surface area contributed by atoms with Crippen LogP contribution in [0, 0.1) is 6.92 Å². The Kier molecular flexibility index (Phi) is 7.26. The number of amides is 1. The molecule has 0 saturated heterocycles. The van der Waals surface area contributed by atoms with Crippen molar-refractivity contribution in [2.45, 2.75) is 32.1 Å². The third-order valence-corrected chi connectivity index (χ3v) is 6.87. The minimum Gasteiger partial charge on any atom is -0.497 e. The number of ether oxygens (including phenoxy) is 2. The quantitative estimate of drug-likeness (QED) is 0.278. The number of methoxy groups -OCH3 is 2. The average molecular weight is 512 g/mol. The molecule has 5 rings (SSSR count). The lowest BCUT2D eigenvalue weighted by molar-refractivity contribution is -0.130. The summed E-state index contributed by atoms with van der Waals surface area (Å²) in [5.41, 5.74) is 5.24. The van der Waals surface area contributed by atoms with Crippen molar-refractivity contribution in [3.63, 3.8) is 0 Å². The zero-order valence-corrected chi connectivity index (χ0v) is 21.7. The van der Waals surface area contributed by atoms with Crippen LogP contribution in [0.5, 0.6) is 11.5 Å². The van der Waals surface area contributed by atoms with Gasteiger partial charge in [-0.15, -0.1) is 0 Å². The highest BCUT2D eigenvalue weighted by molar-refractivity contribution is 5.92. The van der Waals surface area contributed by atoms with E-state index in [1.807, 2.05) is 84.4 Å². The molecule has 38 heavy (non-hydrogen) atoms. The minimum absolute atomic E-state index is 0.265. The first kappa shape index (κ1) is 25.3. The first-order chi connectivity index (χ1) is 18.5. The van der Waals surface area contributed by atoms with Crippen LogP contribution in [0.25, 0.3) is 11.8 Å². The van der Waals surface area contributed by atoms with E-state index >= 15 is 4.39 Å². The molecule has 4 aromatic rings. The van der Waals surface area contributed by atoms with Crippen LogP contribution in [0.3, 0.4) is 0 Å². The summed E-state index contributed by atoms with van der Waals surface area (Å²) < 4.78 is 28.2. The van der Waals surface area contributed by atoms with Gasteiger partial charge in [-0.3, -0.25) is 4.79 Å². The summed E-state index contributed by atoms with van der Waals surface area (Å²) in [5.74, 6) is 1.11. The Morgan fingerprint density at radius 1 is 1.11 bits per heavy atom. The molecule has 1 unspecified atom stereocenters. The third kappa shape index (κ3) is 5.18. The van der Waals surface area contributed by atoms with E-state index in [0.29, 0.717) is 12.2 Å². The first-order valence-electron chi connectivity index (χ1n) is 12.5. The Morgan fingerprint density at radius 3 is 2.61 bits per heavy atom. The molecule has 0 N–H and O–H groups in total. The van der Waals surface area contributed by atoms with Crippen molar-refractivity contribution < 1.29 is 18.7 Å². The van der Waals surface area contributed by atoms with E-state index in [9.17, 15) is 4.79 Å². The Morgan fingerprint density at radius 2 is 1.89 bits per heavy atom. The molecule has 1 aromatic heterocycles. The molecule has 0 aliphatic heterocycles. The van der Waals surface area contributed by atoms with Crippen molar-refractivity contribution >= 4 is 12.0 Å². The lowest BCUT2D eigenvalue weighted by Crippen LogP contribution is -2.36. The minimum atomic E-state index is -1.18. The number of rotatable bonds is 8. The average Bonchev–Trinajstić information content (AvgIpc) is 3.52. The summed E-state index contributed by atoms with van der Waals surface area (Å²) in [4.78, 5) is 19.5. The van der Waals surface area contributed by atoms with Crippen molar-refractivity contribution in [3.8, 4) is 17.2 Å². The Hall–Kier alpha value is -4.39. The Balaban J connectivity index is 1.44. The molecule has 0 spiro atoms. The summed E-state index contributed by atoms with van der Waals surface area (Å²) in [7, 11) is 3.22. The zero-order valence-electron chi connectivity index (χ0n) is 21.7. The van der Waals surface area contributed by atoms with Crippen LogP contribution in [0.2, 0.25) is 0 Å². The van der Waals surface area contributed by atoms with Gasteiger partial charge < -0.3 is 18.9 Å². The molecular formula is C31H30FN3O3. The van der Waals surface area contributed by atoms with Crippen molar-refractivity contribution in [2.24, 2.45) is 0 Å². The van der Waals surface area contributed by atoms with Gasteiger partial charge >= 0.3 is 0 Å². The van der Waals surface area contributed by atoms with Gasteiger partial charge in [0.1, 0.15) is 17.7 Å². The maximum Gasteiger partial charge on any atom is 0.247 e. The number of aryl methyl sites for hydroxylation is 1. The molecule has 1 aliphatic carbocycles. The maximum atomic E-state index is 15.4. The van der Waals surface area contributed by atoms with Gasteiger partial charge in [0, 0.05) is 25.2 Å². The number of halogens is 1. The van der Waals surface area contributed by atoms with Gasteiger partial charge in [0.2, 0.25) is 5.91 Å². The van der Waals surface area contributed by atoms with Crippen LogP contribution in [0.1, 0.15) is 34.0 Å². The van der Waals surface area contributed by atoms with Gasteiger partial charge in [-0.1, -0.05) is 42.5 Å². The summed E-state index contributed by atoms with van der Waals surface area (Å²) >= 11 is 0. The summed E-state index contributed by atoms with van der Waals surface area (Å²) in [5, 5.41) is 0. The standard InChI is InChI=1S/C31H30FN3O3/c1-21-18-34(20-33-21)28-14-10-22(16-29(28)38-3)11-15-30(36)35(19-23-8-12-25(37-2)13-9-23)31-26-7-5-4-6-24(26)17-27(31)32/h4-16,18,20,27,31H,17,19H2,1-3H3/b15-11+/t27-,31?/m0/s1. The number of aromatic nitrogens is 2. The van der Waals surface area contributed by atoms with E-state index in [0.717, 1.165) is 39.4 Å². The van der Waals surface area contributed by atoms with Gasteiger partial charge in [0.15, 0.2) is 0 Å². The molecule has 1 amide bonds. The SMILES string of the molecule is COc1ccc(CN(C(=O)/C=C/c2ccc(-n3cnc(C)c3)c(OC)c2)C2c3ccccc3C[C@@H]2F)cc1. The molecule has 0 fully saturated rings. The van der Waals surface area contributed by atoms with Crippen LogP contribution in [0.15, 0.2) is 85.3 Å². The predicted molar refractivity (Wildman–Crippen MR) is 145 cm³/mol. The molecular weight excluding hydrogens is 481 g/mol. The first-order valence-corrected chi connectivity index (χ1v) is 12.5. The number of carbonyl (C=O) groups excluding carboxylic acids is 1. The molecule has 1 aliphatic rings. The normalized spacial score (nSPS) is 16.4. The Labute approximate surface area is 222 Å². The van der Waals surface area contributed by atoms with Gasteiger partial charge in [0.05, 0.1) is 38.0 Å². The Bertz CT molecular complexity index is 1460. The number of hydrogen-bond acceptors (Lipinski definition) is 4. The van der Waals surface area contributed by atoms with E-state index in [1.54, 1.807) is 31.5 Å². The second kappa shape index (κ2) is 10.9. The highest BCUT2D eigenvalue weighted by Gasteiger charge is 2.38. The van der Waals surface area contributed by atoms with Crippen LogP contribution >= 0.6 is 0 Å². The van der Waals surface area contributed by atoms with E-state index in [-0.39, 0.29) is 12.5 Å². The molecule has 0 saturated carbocycles. The number of carbonyl (C=O) groups is 1. The number of nitrogens with zero attached hydrogens (tertiary/aromatic N) is 3. The number of benzene rings is 3. The fourth-order valence-electron chi connectivity index (χ4n) is 4.96. The van der Waals surface area contributed by atoms with Gasteiger partial charge in [-0.05, 0) is 59.5 Å². The van der Waals surface area contributed by atoms with Gasteiger partial charge in [-0.25, -0.2) is 9.37 Å². The molecule has 0 radical (unpaired) electrons. The second-order valence-electron chi connectivity index (χ2n) is 9.36. The number of hydrogen-bond donors (Lipinski definition) is 0. The lowest BCUT2D eigenvalue weighted by atomic mass is 10.0. The molecule has 3 aromatic carbocycles. The fourth-order valence-corrected chi connectivity index (χ4v) is 4.96. The van der Waals surface area contributed by atoms with E-state index in [4.69, 9.17) is 9.47 Å². The largest absolute Gasteiger partial charge is 0.497 e. The zero-order chi connectivity index (χ0) is 26.6. The van der Waals surface area contributed by atoms with Gasteiger partial charge in [0.25, 0.3) is 0 Å². The smallest absolute Gasteiger partial charge is 0.247 e. The van der Waals surface area contributed by atoms with E-state index < -0.39 is 12.2 Å².